The molecule has 3 rings (SSSR count). The maximum absolute atomic E-state index is 12.9. The Kier molecular flexibility index (Phi) is 6.36. The van der Waals surface area contributed by atoms with Crippen molar-refractivity contribution in [2.45, 2.75) is 6.42 Å². The van der Waals surface area contributed by atoms with Crippen molar-refractivity contribution < 1.29 is 18.7 Å². The van der Waals surface area contributed by atoms with Gasteiger partial charge in [0.05, 0.1) is 0 Å². The number of amides is 2. The van der Waals surface area contributed by atoms with Crippen LogP contribution in [-0.2, 0) is 16.0 Å². The van der Waals surface area contributed by atoms with Crippen molar-refractivity contribution in [3.8, 4) is 11.5 Å². The Morgan fingerprint density at radius 1 is 0.786 bits per heavy atom. The summed E-state index contributed by atoms with van der Waals surface area (Å²) >= 11 is 0. The number of rotatable bonds is 6. The SMILES string of the molecule is O=C(NCCc1ccc(F)cc1)C(=O)Nc1ccc(Oc2ccccc2)cc1. The highest BCUT2D eigenvalue weighted by Gasteiger charge is 2.13. The molecular weight excluding hydrogens is 359 g/mol. The van der Waals surface area contributed by atoms with E-state index in [1.165, 1.54) is 12.1 Å². The van der Waals surface area contributed by atoms with Crippen LogP contribution in [0.2, 0.25) is 0 Å². The maximum Gasteiger partial charge on any atom is 0.313 e. The fourth-order valence-electron chi connectivity index (χ4n) is 2.47. The van der Waals surface area contributed by atoms with Gasteiger partial charge in [-0.15, -0.1) is 0 Å². The van der Waals surface area contributed by atoms with Gasteiger partial charge in [-0.3, -0.25) is 9.59 Å². The summed E-state index contributed by atoms with van der Waals surface area (Å²) in [6, 6.07) is 22.0. The fourth-order valence-corrected chi connectivity index (χ4v) is 2.47. The first-order valence-corrected chi connectivity index (χ1v) is 8.77. The summed E-state index contributed by atoms with van der Waals surface area (Å²) < 4.78 is 18.5. The van der Waals surface area contributed by atoms with Crippen LogP contribution in [0.1, 0.15) is 5.56 Å². The molecule has 3 aromatic rings. The van der Waals surface area contributed by atoms with Gasteiger partial charge in [0, 0.05) is 12.2 Å². The second-order valence-corrected chi connectivity index (χ2v) is 6.03. The van der Waals surface area contributed by atoms with Gasteiger partial charge in [0.15, 0.2) is 0 Å². The van der Waals surface area contributed by atoms with E-state index in [2.05, 4.69) is 10.6 Å². The average molecular weight is 378 g/mol. The summed E-state index contributed by atoms with van der Waals surface area (Å²) in [5.41, 5.74) is 1.36. The van der Waals surface area contributed by atoms with Gasteiger partial charge in [-0.1, -0.05) is 30.3 Å². The number of benzene rings is 3. The third-order valence-electron chi connectivity index (χ3n) is 3.91. The Bertz CT molecular complexity index is 926. The number of nitrogens with one attached hydrogen (secondary N) is 2. The summed E-state index contributed by atoms with van der Waals surface area (Å²) in [4.78, 5) is 23.9. The van der Waals surface area contributed by atoms with Crippen LogP contribution in [-0.4, -0.2) is 18.4 Å². The lowest BCUT2D eigenvalue weighted by atomic mass is 10.1. The van der Waals surface area contributed by atoms with Crippen molar-refractivity contribution in [3.63, 3.8) is 0 Å². The molecule has 0 aliphatic carbocycles. The van der Waals surface area contributed by atoms with Crippen LogP contribution in [0, 0.1) is 5.82 Å². The van der Waals surface area contributed by atoms with Crippen molar-refractivity contribution in [1.29, 1.82) is 0 Å². The molecule has 0 unspecified atom stereocenters. The van der Waals surface area contributed by atoms with Gasteiger partial charge >= 0.3 is 11.8 Å². The van der Waals surface area contributed by atoms with Crippen LogP contribution < -0.4 is 15.4 Å². The Morgan fingerprint density at radius 2 is 1.43 bits per heavy atom. The lowest BCUT2D eigenvalue weighted by molar-refractivity contribution is -0.136. The van der Waals surface area contributed by atoms with Crippen LogP contribution in [0.5, 0.6) is 11.5 Å². The van der Waals surface area contributed by atoms with E-state index in [1.54, 1.807) is 36.4 Å². The number of carbonyl (C=O) groups excluding carboxylic acids is 2. The average Bonchev–Trinajstić information content (AvgIpc) is 2.71. The summed E-state index contributed by atoms with van der Waals surface area (Å²) in [5, 5.41) is 5.07. The van der Waals surface area contributed by atoms with Gasteiger partial charge in [0.25, 0.3) is 0 Å². The van der Waals surface area contributed by atoms with Gasteiger partial charge in [0.2, 0.25) is 0 Å². The van der Waals surface area contributed by atoms with Crippen molar-refractivity contribution >= 4 is 17.5 Å². The molecule has 6 heteroatoms. The molecule has 0 aliphatic heterocycles. The number of carbonyl (C=O) groups is 2. The zero-order chi connectivity index (χ0) is 19.8. The Hall–Kier alpha value is -3.67. The van der Waals surface area contributed by atoms with E-state index in [9.17, 15) is 14.0 Å². The second kappa shape index (κ2) is 9.32. The molecule has 28 heavy (non-hydrogen) atoms. The molecule has 2 amide bonds. The van der Waals surface area contributed by atoms with Crippen LogP contribution in [0.4, 0.5) is 10.1 Å². The number of para-hydroxylation sites is 1. The van der Waals surface area contributed by atoms with Crippen LogP contribution in [0.25, 0.3) is 0 Å². The molecule has 0 radical (unpaired) electrons. The summed E-state index contributed by atoms with van der Waals surface area (Å²) in [7, 11) is 0. The van der Waals surface area contributed by atoms with Crippen LogP contribution in [0.15, 0.2) is 78.9 Å². The summed E-state index contributed by atoms with van der Waals surface area (Å²) in [5.74, 6) is -0.470. The number of hydrogen-bond acceptors (Lipinski definition) is 3. The minimum atomic E-state index is -0.754. The van der Waals surface area contributed by atoms with E-state index < -0.39 is 11.8 Å². The number of ether oxygens (including phenoxy) is 1. The quantitative estimate of drug-likeness (QED) is 0.639. The van der Waals surface area contributed by atoms with E-state index in [-0.39, 0.29) is 12.4 Å². The van der Waals surface area contributed by atoms with Gasteiger partial charge in [-0.2, -0.15) is 0 Å². The molecule has 3 aromatic carbocycles. The van der Waals surface area contributed by atoms with Gasteiger partial charge in [-0.05, 0) is 60.5 Å². The van der Waals surface area contributed by atoms with Crippen molar-refractivity contribution in [1.82, 2.24) is 5.32 Å². The maximum atomic E-state index is 12.9. The molecule has 5 nitrogen and oxygen atoms in total. The monoisotopic (exact) mass is 378 g/mol. The van der Waals surface area contributed by atoms with E-state index >= 15 is 0 Å². The van der Waals surface area contributed by atoms with Gasteiger partial charge in [-0.25, -0.2) is 4.39 Å². The topological polar surface area (TPSA) is 67.4 Å². The largest absolute Gasteiger partial charge is 0.457 e. The lowest BCUT2D eigenvalue weighted by Crippen LogP contribution is -2.36. The first kappa shape index (κ1) is 19.1. The predicted octanol–water partition coefficient (Wildman–Crippen LogP) is 3.92. The zero-order valence-corrected chi connectivity index (χ0v) is 15.0. The van der Waals surface area contributed by atoms with E-state index in [0.717, 1.165) is 5.56 Å². The van der Waals surface area contributed by atoms with Crippen molar-refractivity contribution in [2.75, 3.05) is 11.9 Å². The molecule has 0 saturated carbocycles. The summed E-state index contributed by atoms with van der Waals surface area (Å²) in [6.45, 7) is 0.280. The third kappa shape index (κ3) is 5.67. The Balaban J connectivity index is 1.45. The van der Waals surface area contributed by atoms with Crippen molar-refractivity contribution in [2.24, 2.45) is 0 Å². The molecule has 0 spiro atoms. The lowest BCUT2D eigenvalue weighted by Gasteiger charge is -2.08. The number of anilines is 1. The van der Waals surface area contributed by atoms with Crippen LogP contribution in [0.3, 0.4) is 0 Å². The third-order valence-corrected chi connectivity index (χ3v) is 3.91. The molecule has 0 fully saturated rings. The molecule has 0 bridgehead atoms. The zero-order valence-electron chi connectivity index (χ0n) is 15.0. The first-order chi connectivity index (χ1) is 13.6. The van der Waals surface area contributed by atoms with E-state index in [1.807, 2.05) is 30.3 Å². The molecule has 0 aliphatic rings. The summed E-state index contributed by atoms with van der Waals surface area (Å²) in [6.07, 6.45) is 0.505. The Morgan fingerprint density at radius 3 is 2.11 bits per heavy atom. The van der Waals surface area contributed by atoms with E-state index in [4.69, 9.17) is 4.74 Å². The number of halogens is 1. The van der Waals surface area contributed by atoms with Crippen LogP contribution >= 0.6 is 0 Å². The Labute approximate surface area is 162 Å². The minimum Gasteiger partial charge on any atom is -0.457 e. The molecule has 0 saturated heterocycles. The highest BCUT2D eigenvalue weighted by Crippen LogP contribution is 2.22. The standard InChI is InChI=1S/C22H19FN2O3/c23-17-8-6-16(7-9-17)14-15-24-21(26)22(27)25-18-10-12-20(13-11-18)28-19-4-2-1-3-5-19/h1-13H,14-15H2,(H,24,26)(H,25,27). The highest BCUT2D eigenvalue weighted by molar-refractivity contribution is 6.39. The molecule has 0 aromatic heterocycles. The fraction of sp³-hybridized carbons (Fsp3) is 0.0909. The van der Waals surface area contributed by atoms with Gasteiger partial charge in [0.1, 0.15) is 17.3 Å². The normalized spacial score (nSPS) is 10.2. The minimum absolute atomic E-state index is 0.280. The first-order valence-electron chi connectivity index (χ1n) is 8.77. The van der Waals surface area contributed by atoms with Crippen molar-refractivity contribution in [3.05, 3.63) is 90.2 Å². The van der Waals surface area contributed by atoms with Gasteiger partial charge < -0.3 is 15.4 Å². The van der Waals surface area contributed by atoms with E-state index in [0.29, 0.717) is 23.6 Å². The molecule has 0 heterocycles. The smallest absolute Gasteiger partial charge is 0.313 e. The molecule has 0 atom stereocenters. The predicted molar refractivity (Wildman–Crippen MR) is 105 cm³/mol. The molecule has 142 valence electrons. The molecule has 2 N–H and O–H groups in total. The highest BCUT2D eigenvalue weighted by atomic mass is 19.1. The molecular formula is C22H19FN2O3. The number of hydrogen-bond donors (Lipinski definition) is 2. The second-order valence-electron chi connectivity index (χ2n) is 6.03.